The Labute approximate surface area is 170 Å². The molecule has 1 aromatic heterocycles. The van der Waals surface area contributed by atoms with Crippen molar-refractivity contribution < 1.29 is 18.7 Å². The van der Waals surface area contributed by atoms with Gasteiger partial charge in [0.25, 0.3) is 0 Å². The summed E-state index contributed by atoms with van der Waals surface area (Å²) in [4.78, 5) is 16.4. The monoisotopic (exact) mass is 394 g/mol. The number of carbonyl (C=O) groups excluding carboxylic acids is 1. The van der Waals surface area contributed by atoms with Crippen LogP contribution in [0.15, 0.2) is 53.1 Å². The van der Waals surface area contributed by atoms with E-state index in [0.717, 1.165) is 11.1 Å². The Kier molecular flexibility index (Phi) is 6.89. The standard InChI is InChI=1S/C23H26N2O4/c1-16-4-7-18(8-5-16)21-15-25-23(29-21)11-10-22(26)24-13-12-17-6-9-19(27-2)20(14-17)28-3/h4-9,14-15H,10-13H2,1-3H3,(H,24,26). The van der Waals surface area contributed by atoms with E-state index in [1.165, 1.54) is 5.56 Å². The van der Waals surface area contributed by atoms with Crippen molar-refractivity contribution in [3.63, 3.8) is 0 Å². The number of aryl methyl sites for hydroxylation is 2. The highest BCUT2D eigenvalue weighted by Gasteiger charge is 2.09. The van der Waals surface area contributed by atoms with Gasteiger partial charge >= 0.3 is 0 Å². The SMILES string of the molecule is COc1ccc(CCNC(=O)CCc2ncc(-c3ccc(C)cc3)o2)cc1OC. The molecular formula is C23H26N2O4. The number of hydrogen-bond donors (Lipinski definition) is 1. The van der Waals surface area contributed by atoms with Crippen LogP contribution in [0.3, 0.4) is 0 Å². The van der Waals surface area contributed by atoms with Crippen LogP contribution in [0.1, 0.15) is 23.4 Å². The third-order valence-corrected chi connectivity index (χ3v) is 4.64. The maximum absolute atomic E-state index is 12.1. The lowest BCUT2D eigenvalue weighted by atomic mass is 10.1. The van der Waals surface area contributed by atoms with Gasteiger partial charge in [-0.3, -0.25) is 4.79 Å². The molecule has 0 spiro atoms. The number of ether oxygens (including phenoxy) is 2. The number of hydrogen-bond acceptors (Lipinski definition) is 5. The molecule has 0 aliphatic rings. The van der Waals surface area contributed by atoms with Crippen LogP contribution in [0.5, 0.6) is 11.5 Å². The summed E-state index contributed by atoms with van der Waals surface area (Å²) in [6, 6.07) is 13.8. The largest absolute Gasteiger partial charge is 0.493 e. The molecule has 2 aromatic carbocycles. The second-order valence-corrected chi connectivity index (χ2v) is 6.77. The topological polar surface area (TPSA) is 73.6 Å². The molecule has 1 amide bonds. The van der Waals surface area contributed by atoms with Gasteiger partial charge in [-0.25, -0.2) is 4.98 Å². The number of carbonyl (C=O) groups is 1. The third-order valence-electron chi connectivity index (χ3n) is 4.64. The summed E-state index contributed by atoms with van der Waals surface area (Å²) in [7, 11) is 3.21. The average molecular weight is 394 g/mol. The van der Waals surface area contributed by atoms with E-state index < -0.39 is 0 Å². The van der Waals surface area contributed by atoms with Crippen molar-refractivity contribution >= 4 is 5.91 Å². The predicted molar refractivity (Wildman–Crippen MR) is 111 cm³/mol. The maximum atomic E-state index is 12.1. The summed E-state index contributed by atoms with van der Waals surface area (Å²) in [6.45, 7) is 2.59. The summed E-state index contributed by atoms with van der Waals surface area (Å²) < 4.78 is 16.3. The molecule has 3 rings (SSSR count). The molecule has 0 aliphatic heterocycles. The Balaban J connectivity index is 1.44. The molecular weight excluding hydrogens is 368 g/mol. The van der Waals surface area contributed by atoms with E-state index in [1.54, 1.807) is 20.4 Å². The van der Waals surface area contributed by atoms with Crippen molar-refractivity contribution in [1.82, 2.24) is 10.3 Å². The first kappa shape index (κ1) is 20.5. The fourth-order valence-corrected chi connectivity index (χ4v) is 2.97. The maximum Gasteiger partial charge on any atom is 0.220 e. The van der Waals surface area contributed by atoms with Crippen LogP contribution in [0, 0.1) is 6.92 Å². The summed E-state index contributed by atoms with van der Waals surface area (Å²) in [6.07, 6.45) is 3.21. The Hall–Kier alpha value is -3.28. The molecule has 0 radical (unpaired) electrons. The highest BCUT2D eigenvalue weighted by molar-refractivity contribution is 5.76. The smallest absolute Gasteiger partial charge is 0.220 e. The molecule has 3 aromatic rings. The third kappa shape index (κ3) is 5.60. The van der Waals surface area contributed by atoms with Gasteiger partial charge in [0.2, 0.25) is 5.91 Å². The van der Waals surface area contributed by atoms with Gasteiger partial charge in [0, 0.05) is 24.9 Å². The Morgan fingerprint density at radius 3 is 2.52 bits per heavy atom. The van der Waals surface area contributed by atoms with Crippen LogP contribution in [0.2, 0.25) is 0 Å². The summed E-state index contributed by atoms with van der Waals surface area (Å²) in [5, 5.41) is 2.93. The molecule has 0 atom stereocenters. The van der Waals surface area contributed by atoms with Gasteiger partial charge in [-0.1, -0.05) is 35.9 Å². The highest BCUT2D eigenvalue weighted by Crippen LogP contribution is 2.27. The summed E-state index contributed by atoms with van der Waals surface area (Å²) in [5.41, 5.74) is 3.24. The number of rotatable bonds is 9. The first-order valence-electron chi connectivity index (χ1n) is 9.58. The quantitative estimate of drug-likeness (QED) is 0.595. The molecule has 0 unspecified atom stereocenters. The zero-order valence-corrected chi connectivity index (χ0v) is 17.0. The fraction of sp³-hybridized carbons (Fsp3) is 0.304. The first-order valence-corrected chi connectivity index (χ1v) is 9.58. The second-order valence-electron chi connectivity index (χ2n) is 6.77. The van der Waals surface area contributed by atoms with Crippen molar-refractivity contribution in [3.8, 4) is 22.8 Å². The van der Waals surface area contributed by atoms with Crippen LogP contribution in [-0.4, -0.2) is 31.7 Å². The van der Waals surface area contributed by atoms with Crippen molar-refractivity contribution in [2.24, 2.45) is 0 Å². The van der Waals surface area contributed by atoms with Gasteiger partial charge < -0.3 is 19.2 Å². The Morgan fingerprint density at radius 1 is 1.03 bits per heavy atom. The van der Waals surface area contributed by atoms with E-state index in [0.29, 0.717) is 49.0 Å². The molecule has 0 aliphatic carbocycles. The van der Waals surface area contributed by atoms with E-state index in [2.05, 4.69) is 10.3 Å². The van der Waals surface area contributed by atoms with Gasteiger partial charge in [0.1, 0.15) is 0 Å². The molecule has 0 bridgehead atoms. The number of nitrogens with zero attached hydrogens (tertiary/aromatic N) is 1. The van der Waals surface area contributed by atoms with E-state index in [9.17, 15) is 4.79 Å². The minimum Gasteiger partial charge on any atom is -0.493 e. The molecule has 6 heteroatoms. The lowest BCUT2D eigenvalue weighted by Crippen LogP contribution is -2.25. The minimum absolute atomic E-state index is 0.0273. The lowest BCUT2D eigenvalue weighted by Gasteiger charge is -2.10. The van der Waals surface area contributed by atoms with Crippen molar-refractivity contribution in [2.45, 2.75) is 26.2 Å². The van der Waals surface area contributed by atoms with E-state index in [1.807, 2.05) is 49.4 Å². The van der Waals surface area contributed by atoms with Crippen molar-refractivity contribution in [3.05, 3.63) is 65.7 Å². The highest BCUT2D eigenvalue weighted by atomic mass is 16.5. The van der Waals surface area contributed by atoms with E-state index in [4.69, 9.17) is 13.9 Å². The summed E-state index contributed by atoms with van der Waals surface area (Å²) in [5.74, 6) is 2.63. The molecule has 6 nitrogen and oxygen atoms in total. The second kappa shape index (κ2) is 9.78. The van der Waals surface area contributed by atoms with Crippen LogP contribution < -0.4 is 14.8 Å². The van der Waals surface area contributed by atoms with E-state index >= 15 is 0 Å². The molecule has 1 heterocycles. The molecule has 152 valence electrons. The van der Waals surface area contributed by atoms with Crippen LogP contribution in [0.4, 0.5) is 0 Å². The molecule has 1 N–H and O–H groups in total. The minimum atomic E-state index is -0.0273. The number of aromatic nitrogens is 1. The van der Waals surface area contributed by atoms with E-state index in [-0.39, 0.29) is 5.91 Å². The molecule has 29 heavy (non-hydrogen) atoms. The normalized spacial score (nSPS) is 10.6. The Bertz CT molecular complexity index is 948. The van der Waals surface area contributed by atoms with Gasteiger partial charge in [-0.05, 0) is 31.0 Å². The van der Waals surface area contributed by atoms with Gasteiger partial charge in [0.05, 0.1) is 20.4 Å². The first-order chi connectivity index (χ1) is 14.1. The average Bonchev–Trinajstić information content (AvgIpc) is 3.21. The lowest BCUT2D eigenvalue weighted by molar-refractivity contribution is -0.121. The number of amides is 1. The van der Waals surface area contributed by atoms with Gasteiger partial charge in [-0.2, -0.15) is 0 Å². The predicted octanol–water partition coefficient (Wildman–Crippen LogP) is 3.96. The number of methoxy groups -OCH3 is 2. The van der Waals surface area contributed by atoms with Crippen LogP contribution >= 0.6 is 0 Å². The Morgan fingerprint density at radius 2 is 1.79 bits per heavy atom. The van der Waals surface area contributed by atoms with Crippen molar-refractivity contribution in [1.29, 1.82) is 0 Å². The summed E-state index contributed by atoms with van der Waals surface area (Å²) >= 11 is 0. The molecule has 0 saturated heterocycles. The number of nitrogens with one attached hydrogen (secondary N) is 1. The molecule has 0 saturated carbocycles. The number of oxazole rings is 1. The zero-order valence-electron chi connectivity index (χ0n) is 17.0. The fourth-order valence-electron chi connectivity index (χ4n) is 2.97. The van der Waals surface area contributed by atoms with Gasteiger partial charge in [0.15, 0.2) is 23.1 Å². The van der Waals surface area contributed by atoms with Crippen molar-refractivity contribution in [2.75, 3.05) is 20.8 Å². The van der Waals surface area contributed by atoms with Crippen LogP contribution in [0.25, 0.3) is 11.3 Å². The van der Waals surface area contributed by atoms with Gasteiger partial charge in [-0.15, -0.1) is 0 Å². The van der Waals surface area contributed by atoms with Crippen LogP contribution in [-0.2, 0) is 17.6 Å². The number of benzene rings is 2. The molecule has 0 fully saturated rings. The zero-order chi connectivity index (χ0) is 20.6.